The predicted octanol–water partition coefficient (Wildman–Crippen LogP) is 2.87. The van der Waals surface area contributed by atoms with Crippen LogP contribution in [0.1, 0.15) is 28.9 Å². The van der Waals surface area contributed by atoms with Crippen molar-refractivity contribution in [1.29, 1.82) is 0 Å². The molecule has 0 radical (unpaired) electrons. The maximum absolute atomic E-state index is 13.9. The summed E-state index contributed by atoms with van der Waals surface area (Å²) in [5, 5.41) is 0. The molecule has 2 aromatic carbocycles. The summed E-state index contributed by atoms with van der Waals surface area (Å²) in [6.07, 6.45) is 0. The molecular weight excluding hydrogens is 307 g/mol. The summed E-state index contributed by atoms with van der Waals surface area (Å²) < 4.78 is 13.9. The average molecular weight is 326 g/mol. The van der Waals surface area contributed by atoms with Crippen LogP contribution in [-0.2, 0) is 4.79 Å². The third-order valence-corrected chi connectivity index (χ3v) is 4.36. The molecule has 1 aliphatic heterocycles. The van der Waals surface area contributed by atoms with Gasteiger partial charge in [-0.3, -0.25) is 9.59 Å². The zero-order valence-electron chi connectivity index (χ0n) is 13.5. The summed E-state index contributed by atoms with van der Waals surface area (Å²) in [5.74, 6) is -0.883. The van der Waals surface area contributed by atoms with Gasteiger partial charge in [-0.05, 0) is 17.7 Å². The van der Waals surface area contributed by atoms with Gasteiger partial charge in [-0.2, -0.15) is 0 Å². The second-order valence-electron chi connectivity index (χ2n) is 5.87. The van der Waals surface area contributed by atoms with Crippen LogP contribution in [0.25, 0.3) is 0 Å². The molecule has 2 aromatic rings. The Morgan fingerprint density at radius 3 is 2.33 bits per heavy atom. The van der Waals surface area contributed by atoms with Crippen LogP contribution in [0.15, 0.2) is 54.6 Å². The number of rotatable bonds is 2. The maximum Gasteiger partial charge on any atom is 0.256 e. The third kappa shape index (κ3) is 3.15. The molecule has 24 heavy (non-hydrogen) atoms. The van der Waals surface area contributed by atoms with E-state index in [4.69, 9.17) is 0 Å². The SMILES string of the molecule is CC(=O)N1CCN(C(=O)c2ccccc2F)C[C@H]1c1ccccc1. The third-order valence-electron chi connectivity index (χ3n) is 4.36. The van der Waals surface area contributed by atoms with Crippen molar-refractivity contribution in [2.24, 2.45) is 0 Å². The van der Waals surface area contributed by atoms with Gasteiger partial charge in [0.05, 0.1) is 11.6 Å². The first-order valence-electron chi connectivity index (χ1n) is 7.94. The summed E-state index contributed by atoms with van der Waals surface area (Å²) in [4.78, 5) is 28.0. The van der Waals surface area contributed by atoms with Crippen molar-refractivity contribution in [1.82, 2.24) is 9.80 Å². The minimum absolute atomic E-state index is 0.0261. The van der Waals surface area contributed by atoms with Crippen LogP contribution in [0.5, 0.6) is 0 Å². The Labute approximate surface area is 140 Å². The van der Waals surface area contributed by atoms with Crippen LogP contribution in [0.3, 0.4) is 0 Å². The molecule has 0 aliphatic carbocycles. The van der Waals surface area contributed by atoms with Crippen molar-refractivity contribution in [3.63, 3.8) is 0 Å². The second kappa shape index (κ2) is 6.83. The lowest BCUT2D eigenvalue weighted by atomic mass is 10.0. The average Bonchev–Trinajstić information content (AvgIpc) is 2.61. The van der Waals surface area contributed by atoms with Crippen molar-refractivity contribution >= 4 is 11.8 Å². The summed E-state index contributed by atoms with van der Waals surface area (Å²) in [6.45, 7) is 2.73. The van der Waals surface area contributed by atoms with Crippen molar-refractivity contribution in [2.45, 2.75) is 13.0 Å². The van der Waals surface area contributed by atoms with Gasteiger partial charge in [0.2, 0.25) is 5.91 Å². The fourth-order valence-electron chi connectivity index (χ4n) is 3.11. The van der Waals surface area contributed by atoms with Gasteiger partial charge in [0.1, 0.15) is 5.82 Å². The molecule has 1 fully saturated rings. The van der Waals surface area contributed by atoms with Gasteiger partial charge < -0.3 is 9.80 Å². The van der Waals surface area contributed by atoms with Crippen LogP contribution in [-0.4, -0.2) is 41.2 Å². The van der Waals surface area contributed by atoms with E-state index in [2.05, 4.69) is 0 Å². The van der Waals surface area contributed by atoms with Gasteiger partial charge in [-0.25, -0.2) is 4.39 Å². The number of carbonyl (C=O) groups excluding carboxylic acids is 2. The molecule has 124 valence electrons. The maximum atomic E-state index is 13.9. The number of benzene rings is 2. The Balaban J connectivity index is 1.87. The summed E-state index contributed by atoms with van der Waals surface area (Å²) in [6, 6.07) is 15.4. The van der Waals surface area contributed by atoms with Crippen molar-refractivity contribution in [3.05, 3.63) is 71.5 Å². The molecule has 2 amide bonds. The standard InChI is InChI=1S/C19H19FN2O2/c1-14(23)22-12-11-21(13-18(22)15-7-3-2-4-8-15)19(24)16-9-5-6-10-17(16)20/h2-10,18H,11-13H2,1H3/t18-/m0/s1. The zero-order valence-corrected chi connectivity index (χ0v) is 13.5. The Bertz CT molecular complexity index is 748. The molecule has 0 unspecified atom stereocenters. The Kier molecular flexibility index (Phi) is 4.60. The van der Waals surface area contributed by atoms with Crippen LogP contribution >= 0.6 is 0 Å². The van der Waals surface area contributed by atoms with Crippen LogP contribution in [0, 0.1) is 5.82 Å². The van der Waals surface area contributed by atoms with E-state index < -0.39 is 5.82 Å². The van der Waals surface area contributed by atoms with E-state index in [1.807, 2.05) is 30.3 Å². The summed E-state index contributed by atoms with van der Waals surface area (Å²) in [5.41, 5.74) is 1.04. The van der Waals surface area contributed by atoms with Gasteiger partial charge in [-0.15, -0.1) is 0 Å². The van der Waals surface area contributed by atoms with Gasteiger partial charge >= 0.3 is 0 Å². The molecule has 0 saturated carbocycles. The largest absolute Gasteiger partial charge is 0.334 e. The van der Waals surface area contributed by atoms with Gasteiger partial charge in [0.15, 0.2) is 0 Å². The highest BCUT2D eigenvalue weighted by molar-refractivity contribution is 5.94. The molecule has 1 aliphatic rings. The first-order valence-corrected chi connectivity index (χ1v) is 7.94. The van der Waals surface area contributed by atoms with Crippen molar-refractivity contribution < 1.29 is 14.0 Å². The Morgan fingerprint density at radius 2 is 1.67 bits per heavy atom. The molecule has 0 bridgehead atoms. The molecule has 1 saturated heterocycles. The Morgan fingerprint density at radius 1 is 1.00 bits per heavy atom. The second-order valence-corrected chi connectivity index (χ2v) is 5.87. The highest BCUT2D eigenvalue weighted by Gasteiger charge is 2.32. The molecule has 1 atom stereocenters. The molecule has 0 aromatic heterocycles. The normalized spacial score (nSPS) is 17.7. The first-order chi connectivity index (χ1) is 11.6. The predicted molar refractivity (Wildman–Crippen MR) is 88.9 cm³/mol. The monoisotopic (exact) mass is 326 g/mol. The number of hydrogen-bond acceptors (Lipinski definition) is 2. The molecule has 5 heteroatoms. The van der Waals surface area contributed by atoms with Crippen molar-refractivity contribution in [3.8, 4) is 0 Å². The van der Waals surface area contributed by atoms with E-state index in [-0.39, 0.29) is 23.4 Å². The lowest BCUT2D eigenvalue weighted by Gasteiger charge is -2.41. The fourth-order valence-corrected chi connectivity index (χ4v) is 3.11. The van der Waals surface area contributed by atoms with Gasteiger partial charge in [-0.1, -0.05) is 42.5 Å². The molecule has 0 N–H and O–H groups in total. The fraction of sp³-hybridized carbons (Fsp3) is 0.263. The topological polar surface area (TPSA) is 40.6 Å². The van der Waals surface area contributed by atoms with Crippen molar-refractivity contribution in [2.75, 3.05) is 19.6 Å². The van der Waals surface area contributed by atoms with E-state index >= 15 is 0 Å². The molecular formula is C19H19FN2O2. The molecule has 4 nitrogen and oxygen atoms in total. The number of amides is 2. The molecule has 1 heterocycles. The van der Waals surface area contributed by atoms with E-state index in [0.717, 1.165) is 5.56 Å². The van der Waals surface area contributed by atoms with Crippen LogP contribution in [0.2, 0.25) is 0 Å². The zero-order chi connectivity index (χ0) is 17.1. The van der Waals surface area contributed by atoms with E-state index in [9.17, 15) is 14.0 Å². The number of halogens is 1. The summed E-state index contributed by atoms with van der Waals surface area (Å²) >= 11 is 0. The smallest absolute Gasteiger partial charge is 0.256 e. The van der Waals surface area contributed by atoms with Gasteiger partial charge in [0, 0.05) is 26.6 Å². The number of nitrogens with zero attached hydrogens (tertiary/aromatic N) is 2. The first kappa shape index (κ1) is 16.2. The van der Waals surface area contributed by atoms with E-state index in [0.29, 0.717) is 19.6 Å². The van der Waals surface area contributed by atoms with Crippen LogP contribution in [0.4, 0.5) is 4.39 Å². The minimum Gasteiger partial charge on any atom is -0.334 e. The number of carbonyl (C=O) groups is 2. The van der Waals surface area contributed by atoms with Crippen LogP contribution < -0.4 is 0 Å². The molecule has 3 rings (SSSR count). The quantitative estimate of drug-likeness (QED) is 0.851. The van der Waals surface area contributed by atoms with E-state index in [1.54, 1.807) is 21.9 Å². The Hall–Kier alpha value is -2.69. The minimum atomic E-state index is -0.521. The summed E-state index contributed by atoms with van der Waals surface area (Å²) in [7, 11) is 0. The molecule has 0 spiro atoms. The number of piperazine rings is 1. The number of hydrogen-bond donors (Lipinski definition) is 0. The lowest BCUT2D eigenvalue weighted by molar-refractivity contribution is -0.133. The van der Waals surface area contributed by atoms with Gasteiger partial charge in [0.25, 0.3) is 5.91 Å². The highest BCUT2D eigenvalue weighted by atomic mass is 19.1. The lowest BCUT2D eigenvalue weighted by Crippen LogP contribution is -2.52. The highest BCUT2D eigenvalue weighted by Crippen LogP contribution is 2.26. The van der Waals surface area contributed by atoms with E-state index in [1.165, 1.54) is 19.1 Å².